The molecule has 4 heterocycles. The molecule has 5 rings (SSSR count). The average Bonchev–Trinajstić information content (AvgIpc) is 3.51. The number of fused-ring (bicyclic) bond motifs is 1. The Balaban J connectivity index is 1.44. The van der Waals surface area contributed by atoms with E-state index >= 15 is 0 Å². The van der Waals surface area contributed by atoms with Crippen molar-refractivity contribution >= 4 is 11.9 Å². The number of carbonyl (C=O) groups is 1. The van der Waals surface area contributed by atoms with Crippen molar-refractivity contribution in [2.75, 3.05) is 31.8 Å². The summed E-state index contributed by atoms with van der Waals surface area (Å²) in [6, 6.07) is 9.10. The molecule has 0 N–H and O–H groups in total. The first kappa shape index (κ1) is 19.3. The van der Waals surface area contributed by atoms with E-state index in [2.05, 4.69) is 14.9 Å². The molecule has 0 unspecified atom stereocenters. The standard InChI is InChI=1S/C23H23N5O3/c1-27(22(29)17-4-5-20-21(12-17)31-15-30-20)14-19-18(16-6-8-24-9-7-16)13-25-23(26-19)28-10-2-3-11-28/h4-9,12-13H,2-3,10-11,14-15H2,1H3. The Morgan fingerprint density at radius 1 is 1.10 bits per heavy atom. The third-order valence-electron chi connectivity index (χ3n) is 5.59. The van der Waals surface area contributed by atoms with Crippen molar-refractivity contribution in [3.8, 4) is 22.6 Å². The number of aromatic nitrogens is 3. The molecule has 1 amide bonds. The van der Waals surface area contributed by atoms with Crippen LogP contribution in [0, 0.1) is 0 Å². The molecule has 1 saturated heterocycles. The van der Waals surface area contributed by atoms with Crippen LogP contribution in [0.1, 0.15) is 28.9 Å². The van der Waals surface area contributed by atoms with Gasteiger partial charge in [0.25, 0.3) is 5.91 Å². The van der Waals surface area contributed by atoms with Gasteiger partial charge in [-0.1, -0.05) is 0 Å². The molecule has 31 heavy (non-hydrogen) atoms. The second-order valence-electron chi connectivity index (χ2n) is 7.69. The first-order chi connectivity index (χ1) is 15.2. The minimum atomic E-state index is -0.111. The van der Waals surface area contributed by atoms with Gasteiger partial charge in [-0.05, 0) is 48.7 Å². The monoisotopic (exact) mass is 417 g/mol. The third kappa shape index (κ3) is 3.88. The average molecular weight is 417 g/mol. The van der Waals surface area contributed by atoms with Crippen LogP contribution in [0.15, 0.2) is 48.9 Å². The van der Waals surface area contributed by atoms with Gasteiger partial charge in [0.05, 0.1) is 12.2 Å². The van der Waals surface area contributed by atoms with Crippen molar-refractivity contribution in [3.05, 3.63) is 60.2 Å². The number of amides is 1. The van der Waals surface area contributed by atoms with Gasteiger partial charge in [0, 0.05) is 49.9 Å². The molecule has 8 nitrogen and oxygen atoms in total. The highest BCUT2D eigenvalue weighted by Gasteiger charge is 2.22. The smallest absolute Gasteiger partial charge is 0.254 e. The number of anilines is 1. The largest absolute Gasteiger partial charge is 0.454 e. The Hall–Kier alpha value is -3.68. The van der Waals surface area contributed by atoms with Crippen molar-refractivity contribution in [1.29, 1.82) is 0 Å². The maximum atomic E-state index is 13.1. The summed E-state index contributed by atoms with van der Waals surface area (Å²) in [6.45, 7) is 2.45. The number of ether oxygens (including phenoxy) is 2. The summed E-state index contributed by atoms with van der Waals surface area (Å²) in [5.74, 6) is 1.86. The highest BCUT2D eigenvalue weighted by molar-refractivity contribution is 5.94. The molecule has 2 aliphatic heterocycles. The van der Waals surface area contributed by atoms with Crippen molar-refractivity contribution in [3.63, 3.8) is 0 Å². The number of pyridine rings is 1. The summed E-state index contributed by atoms with van der Waals surface area (Å²) >= 11 is 0. The Bertz CT molecular complexity index is 1100. The second-order valence-corrected chi connectivity index (χ2v) is 7.69. The van der Waals surface area contributed by atoms with E-state index in [0.29, 0.717) is 29.6 Å². The molecule has 2 aliphatic rings. The summed E-state index contributed by atoms with van der Waals surface area (Å²) in [7, 11) is 1.78. The topological polar surface area (TPSA) is 80.7 Å². The van der Waals surface area contributed by atoms with Crippen LogP contribution < -0.4 is 14.4 Å². The maximum Gasteiger partial charge on any atom is 0.254 e. The Labute approximate surface area is 180 Å². The summed E-state index contributed by atoms with van der Waals surface area (Å²) in [5.41, 5.74) is 3.23. The fraction of sp³-hybridized carbons (Fsp3) is 0.304. The molecule has 0 atom stereocenters. The molecule has 1 fully saturated rings. The molecule has 3 aromatic rings. The molecule has 0 spiro atoms. The molecule has 0 bridgehead atoms. The lowest BCUT2D eigenvalue weighted by Gasteiger charge is -2.21. The summed E-state index contributed by atoms with van der Waals surface area (Å²) in [6.07, 6.45) is 7.63. The van der Waals surface area contributed by atoms with Gasteiger partial charge in [-0.2, -0.15) is 0 Å². The predicted octanol–water partition coefficient (Wildman–Crippen LogP) is 3.14. The quantitative estimate of drug-likeness (QED) is 0.631. The molecule has 0 radical (unpaired) electrons. The van der Waals surface area contributed by atoms with Crippen molar-refractivity contribution in [1.82, 2.24) is 19.9 Å². The zero-order valence-electron chi connectivity index (χ0n) is 17.3. The summed E-state index contributed by atoms with van der Waals surface area (Å²) in [4.78, 5) is 30.5. The van der Waals surface area contributed by atoms with Gasteiger partial charge in [0.1, 0.15) is 0 Å². The van der Waals surface area contributed by atoms with Crippen LogP contribution in [0.3, 0.4) is 0 Å². The van der Waals surface area contributed by atoms with Crippen LogP contribution in [0.25, 0.3) is 11.1 Å². The highest BCUT2D eigenvalue weighted by Crippen LogP contribution is 2.33. The van der Waals surface area contributed by atoms with Gasteiger partial charge in [-0.15, -0.1) is 0 Å². The first-order valence-electron chi connectivity index (χ1n) is 10.4. The fourth-order valence-corrected chi connectivity index (χ4v) is 3.92. The zero-order chi connectivity index (χ0) is 21.2. The molecule has 0 aliphatic carbocycles. The van der Waals surface area contributed by atoms with E-state index in [-0.39, 0.29) is 12.7 Å². The van der Waals surface area contributed by atoms with E-state index in [1.807, 2.05) is 18.3 Å². The van der Waals surface area contributed by atoms with E-state index in [0.717, 1.165) is 42.8 Å². The molecule has 8 heteroatoms. The summed E-state index contributed by atoms with van der Waals surface area (Å²) in [5, 5.41) is 0. The van der Waals surface area contributed by atoms with Gasteiger partial charge >= 0.3 is 0 Å². The number of carbonyl (C=O) groups excluding carboxylic acids is 1. The van der Waals surface area contributed by atoms with Gasteiger partial charge in [0.15, 0.2) is 11.5 Å². The lowest BCUT2D eigenvalue weighted by Crippen LogP contribution is -2.28. The third-order valence-corrected chi connectivity index (χ3v) is 5.59. The SMILES string of the molecule is CN(Cc1nc(N2CCCC2)ncc1-c1ccncc1)C(=O)c1ccc2c(c1)OCO2. The number of benzene rings is 1. The molecule has 158 valence electrons. The molecule has 0 saturated carbocycles. The van der Waals surface area contributed by atoms with Crippen LogP contribution >= 0.6 is 0 Å². The summed E-state index contributed by atoms with van der Waals surface area (Å²) < 4.78 is 10.8. The minimum absolute atomic E-state index is 0.111. The Morgan fingerprint density at radius 2 is 1.87 bits per heavy atom. The number of nitrogens with zero attached hydrogens (tertiary/aromatic N) is 5. The van der Waals surface area contributed by atoms with E-state index in [1.165, 1.54) is 0 Å². The van der Waals surface area contributed by atoms with E-state index < -0.39 is 0 Å². The van der Waals surface area contributed by atoms with Crippen molar-refractivity contribution in [2.45, 2.75) is 19.4 Å². The van der Waals surface area contributed by atoms with Crippen LogP contribution in [-0.2, 0) is 6.54 Å². The van der Waals surface area contributed by atoms with Crippen LogP contribution in [0.4, 0.5) is 5.95 Å². The fourth-order valence-electron chi connectivity index (χ4n) is 3.92. The van der Waals surface area contributed by atoms with Gasteiger partial charge < -0.3 is 19.3 Å². The Kier molecular flexibility index (Phi) is 5.11. The molecular formula is C23H23N5O3. The van der Waals surface area contributed by atoms with Crippen LogP contribution in [0.2, 0.25) is 0 Å². The number of hydrogen-bond acceptors (Lipinski definition) is 7. The van der Waals surface area contributed by atoms with Crippen LogP contribution in [-0.4, -0.2) is 52.7 Å². The van der Waals surface area contributed by atoms with Crippen molar-refractivity contribution in [2.24, 2.45) is 0 Å². The van der Waals surface area contributed by atoms with Crippen LogP contribution in [0.5, 0.6) is 11.5 Å². The minimum Gasteiger partial charge on any atom is -0.454 e. The second kappa shape index (κ2) is 8.22. The predicted molar refractivity (Wildman–Crippen MR) is 115 cm³/mol. The van der Waals surface area contributed by atoms with Gasteiger partial charge in [-0.25, -0.2) is 9.97 Å². The molecular weight excluding hydrogens is 394 g/mol. The van der Waals surface area contributed by atoms with E-state index in [4.69, 9.17) is 14.5 Å². The molecule has 2 aromatic heterocycles. The lowest BCUT2D eigenvalue weighted by atomic mass is 10.1. The van der Waals surface area contributed by atoms with E-state index in [1.54, 1.807) is 42.5 Å². The van der Waals surface area contributed by atoms with E-state index in [9.17, 15) is 4.79 Å². The zero-order valence-corrected chi connectivity index (χ0v) is 17.3. The lowest BCUT2D eigenvalue weighted by molar-refractivity contribution is 0.0783. The maximum absolute atomic E-state index is 13.1. The first-order valence-corrected chi connectivity index (χ1v) is 10.4. The Morgan fingerprint density at radius 3 is 2.68 bits per heavy atom. The van der Waals surface area contributed by atoms with Gasteiger partial charge in [0.2, 0.25) is 12.7 Å². The molecule has 1 aromatic carbocycles. The van der Waals surface area contributed by atoms with Gasteiger partial charge in [-0.3, -0.25) is 9.78 Å². The number of hydrogen-bond donors (Lipinski definition) is 0. The highest BCUT2D eigenvalue weighted by atomic mass is 16.7. The normalized spacial score (nSPS) is 14.7. The number of rotatable bonds is 5. The van der Waals surface area contributed by atoms with Crippen molar-refractivity contribution < 1.29 is 14.3 Å².